The summed E-state index contributed by atoms with van der Waals surface area (Å²) >= 11 is 0. The fraction of sp³-hybridized carbons (Fsp3) is 0.600. The highest BCUT2D eigenvalue weighted by Crippen LogP contribution is 2.20. The Morgan fingerprint density at radius 2 is 1.19 bits per heavy atom. The van der Waals surface area contributed by atoms with E-state index in [0.717, 1.165) is 27.7 Å². The summed E-state index contributed by atoms with van der Waals surface area (Å²) in [6, 6.07) is 0. The molecule has 1 N–H and O–H groups in total. The Kier molecular flexibility index (Phi) is 9.56. The Balaban J connectivity index is 6.03. The number of hydrogen-bond donors (Lipinski definition) is 1. The van der Waals surface area contributed by atoms with Gasteiger partial charge < -0.3 is 24.1 Å². The number of hydrogen-bond acceptors (Lipinski definition) is 10. The van der Waals surface area contributed by atoms with Gasteiger partial charge in [0.1, 0.15) is 0 Å². The smallest absolute Gasteiger partial charge is 0.307 e. The van der Waals surface area contributed by atoms with Crippen molar-refractivity contribution < 1.29 is 52.8 Å². The van der Waals surface area contributed by atoms with Gasteiger partial charge in [0.15, 0.2) is 30.7 Å². The summed E-state index contributed by atoms with van der Waals surface area (Å²) in [5.41, 5.74) is 0. The zero-order valence-electron chi connectivity index (χ0n) is 14.6. The lowest BCUT2D eigenvalue weighted by Gasteiger charge is -2.33. The van der Waals surface area contributed by atoms with E-state index in [1.165, 1.54) is 0 Å². The summed E-state index contributed by atoms with van der Waals surface area (Å²) in [6.45, 7) is 3.88. The maximum absolute atomic E-state index is 11.4. The number of ether oxygens (including phenoxy) is 4. The molecule has 0 aliphatic heterocycles. The van der Waals surface area contributed by atoms with E-state index in [2.05, 4.69) is 0 Å². The van der Waals surface area contributed by atoms with Gasteiger partial charge in [0.05, 0.1) is 6.42 Å². The summed E-state index contributed by atoms with van der Waals surface area (Å²) in [5, 5.41) is 8.99. The fourth-order valence-electron chi connectivity index (χ4n) is 2.03. The zero-order valence-corrected chi connectivity index (χ0v) is 14.6. The van der Waals surface area contributed by atoms with Crippen LogP contribution in [-0.2, 0) is 47.7 Å². The van der Waals surface area contributed by atoms with Crippen molar-refractivity contribution in [3.05, 3.63) is 0 Å². The van der Waals surface area contributed by atoms with Crippen molar-refractivity contribution in [1.82, 2.24) is 0 Å². The van der Waals surface area contributed by atoms with Gasteiger partial charge in [-0.2, -0.15) is 0 Å². The third kappa shape index (κ3) is 8.76. The summed E-state index contributed by atoms with van der Waals surface area (Å²) in [4.78, 5) is 67.6. The third-order valence-electron chi connectivity index (χ3n) is 2.75. The molecule has 0 amide bonds. The zero-order chi connectivity index (χ0) is 20.4. The molecule has 0 spiro atoms. The molecule has 0 heterocycles. The Labute approximate surface area is 148 Å². The molecule has 0 saturated heterocycles. The summed E-state index contributed by atoms with van der Waals surface area (Å²) in [7, 11) is 0. The number of carbonyl (C=O) groups is 6. The van der Waals surface area contributed by atoms with E-state index in [1.807, 2.05) is 0 Å². The maximum Gasteiger partial charge on any atom is 0.307 e. The van der Waals surface area contributed by atoms with Crippen molar-refractivity contribution in [3.8, 4) is 0 Å². The van der Waals surface area contributed by atoms with E-state index in [4.69, 9.17) is 24.1 Å². The summed E-state index contributed by atoms with van der Waals surface area (Å²) in [5.74, 6) is -5.14. The molecule has 1 unspecified atom stereocenters. The first-order valence-electron chi connectivity index (χ1n) is 7.33. The van der Waals surface area contributed by atoms with Gasteiger partial charge in [0.2, 0.25) is 0 Å². The van der Waals surface area contributed by atoms with Crippen LogP contribution in [0.5, 0.6) is 0 Å². The minimum Gasteiger partial charge on any atom is -0.481 e. The normalized spacial score (nSPS) is 14.8. The number of carbonyl (C=O) groups excluding carboxylic acids is 5. The highest BCUT2D eigenvalue weighted by molar-refractivity contribution is 5.73. The molecule has 0 rings (SSSR count). The van der Waals surface area contributed by atoms with Crippen molar-refractivity contribution in [2.24, 2.45) is 0 Å². The molecule has 0 aromatic carbocycles. The van der Waals surface area contributed by atoms with Gasteiger partial charge in [-0.3, -0.25) is 28.8 Å². The summed E-state index contributed by atoms with van der Waals surface area (Å²) < 4.78 is 19.4. The van der Waals surface area contributed by atoms with Crippen molar-refractivity contribution >= 4 is 36.1 Å². The van der Waals surface area contributed by atoms with Gasteiger partial charge in [-0.15, -0.1) is 0 Å². The first kappa shape index (κ1) is 23.0. The highest BCUT2D eigenvalue weighted by Gasteiger charge is 2.44. The van der Waals surface area contributed by atoms with Crippen molar-refractivity contribution in [1.29, 1.82) is 0 Å². The lowest BCUT2D eigenvalue weighted by atomic mass is 10.00. The molecule has 0 radical (unpaired) electrons. The number of rotatable bonds is 10. The maximum atomic E-state index is 11.4. The number of esters is 4. The SMILES string of the molecule is CC(=O)OC(CC(=O)O)[C@@H](OC(C)=O)[C@@H](OC(C)=O)[C@@H](C=O)OC(C)=O. The molecule has 4 atom stereocenters. The first-order valence-corrected chi connectivity index (χ1v) is 7.33. The van der Waals surface area contributed by atoms with Crippen LogP contribution in [0.1, 0.15) is 34.1 Å². The van der Waals surface area contributed by atoms with Crippen LogP contribution >= 0.6 is 0 Å². The second kappa shape index (κ2) is 10.8. The predicted molar refractivity (Wildman–Crippen MR) is 80.5 cm³/mol. The molecular weight excluding hydrogens is 356 g/mol. The topological polar surface area (TPSA) is 160 Å². The predicted octanol–water partition coefficient (Wildman–Crippen LogP) is -0.613. The van der Waals surface area contributed by atoms with E-state index < -0.39 is 60.7 Å². The van der Waals surface area contributed by atoms with Crippen molar-refractivity contribution in [2.75, 3.05) is 0 Å². The van der Waals surface area contributed by atoms with Crippen molar-refractivity contribution in [3.63, 3.8) is 0 Å². The van der Waals surface area contributed by atoms with Gasteiger partial charge in [0, 0.05) is 27.7 Å². The van der Waals surface area contributed by atoms with Crippen LogP contribution in [-0.4, -0.2) is 65.7 Å². The molecule has 146 valence electrons. The quantitative estimate of drug-likeness (QED) is 0.294. The average molecular weight is 376 g/mol. The summed E-state index contributed by atoms with van der Waals surface area (Å²) in [6.07, 6.45) is -7.52. The highest BCUT2D eigenvalue weighted by atomic mass is 16.6. The van der Waals surface area contributed by atoms with Gasteiger partial charge in [-0.1, -0.05) is 0 Å². The van der Waals surface area contributed by atoms with E-state index >= 15 is 0 Å². The second-order valence-electron chi connectivity index (χ2n) is 5.10. The average Bonchev–Trinajstić information content (AvgIpc) is 2.46. The van der Waals surface area contributed by atoms with Crippen LogP contribution < -0.4 is 0 Å². The molecule has 0 saturated carbocycles. The van der Waals surface area contributed by atoms with E-state index in [9.17, 15) is 28.8 Å². The Bertz CT molecular complexity index is 552. The molecule has 11 heteroatoms. The molecule has 0 fully saturated rings. The van der Waals surface area contributed by atoms with E-state index in [-0.39, 0.29) is 6.29 Å². The van der Waals surface area contributed by atoms with Gasteiger partial charge in [-0.25, -0.2) is 0 Å². The first-order chi connectivity index (χ1) is 12.0. The minimum absolute atomic E-state index is 0.108. The second-order valence-corrected chi connectivity index (χ2v) is 5.10. The number of aliphatic carboxylic acids is 1. The lowest BCUT2D eigenvalue weighted by Crippen LogP contribution is -2.52. The van der Waals surface area contributed by atoms with Crippen molar-refractivity contribution in [2.45, 2.75) is 58.5 Å². The number of carboxylic acids is 1. The molecule has 0 aromatic heterocycles. The van der Waals surface area contributed by atoms with Crippen LogP contribution in [0, 0.1) is 0 Å². The molecule has 0 aliphatic rings. The third-order valence-corrected chi connectivity index (χ3v) is 2.75. The van der Waals surface area contributed by atoms with Crippen LogP contribution in [0.25, 0.3) is 0 Å². The van der Waals surface area contributed by atoms with E-state index in [1.54, 1.807) is 0 Å². The molecule has 26 heavy (non-hydrogen) atoms. The number of carboxylic acid groups (broad SMARTS) is 1. The Hall–Kier alpha value is -2.98. The largest absolute Gasteiger partial charge is 0.481 e. The molecule has 0 aliphatic carbocycles. The molecule has 0 bridgehead atoms. The van der Waals surface area contributed by atoms with E-state index in [0.29, 0.717) is 0 Å². The standard InChI is InChI=1S/C15H20O11/c1-7(17)23-11(5-13(21)22)14(25-9(3)19)15(26-10(4)20)12(6-16)24-8(2)18/h6,11-12,14-15H,5H2,1-4H3,(H,21,22)/t11?,12-,14-,15+/m1/s1. The van der Waals surface area contributed by atoms with Crippen LogP contribution in [0.15, 0.2) is 0 Å². The van der Waals surface area contributed by atoms with Gasteiger partial charge in [-0.05, 0) is 0 Å². The molecule has 0 aromatic rings. The van der Waals surface area contributed by atoms with Crippen LogP contribution in [0.2, 0.25) is 0 Å². The molecular formula is C15H20O11. The minimum atomic E-state index is -1.73. The fourth-order valence-corrected chi connectivity index (χ4v) is 2.03. The van der Waals surface area contributed by atoms with Crippen LogP contribution in [0.3, 0.4) is 0 Å². The molecule has 11 nitrogen and oxygen atoms in total. The Morgan fingerprint density at radius 1 is 0.769 bits per heavy atom. The van der Waals surface area contributed by atoms with Gasteiger partial charge >= 0.3 is 29.8 Å². The number of aldehydes is 1. The lowest BCUT2D eigenvalue weighted by molar-refractivity contribution is -0.198. The van der Waals surface area contributed by atoms with Crippen LogP contribution in [0.4, 0.5) is 0 Å². The monoisotopic (exact) mass is 376 g/mol. The Morgan fingerprint density at radius 3 is 1.54 bits per heavy atom. The van der Waals surface area contributed by atoms with Gasteiger partial charge in [0.25, 0.3) is 0 Å².